The van der Waals surface area contributed by atoms with E-state index in [1.165, 1.54) is 52.0 Å². The van der Waals surface area contributed by atoms with E-state index in [4.69, 9.17) is 14.6 Å². The maximum atomic E-state index is 10.6. The fourth-order valence-corrected chi connectivity index (χ4v) is 3.94. The molecule has 158 valence electrons. The molecular weight excluding hydrogens is 373 g/mol. The maximum absolute atomic E-state index is 10.6. The molecule has 0 radical (unpaired) electrons. The highest BCUT2D eigenvalue weighted by Crippen LogP contribution is 2.38. The molecule has 3 rings (SSSR count). The van der Waals surface area contributed by atoms with Gasteiger partial charge in [0.15, 0.2) is 0 Å². The molecule has 28 heavy (non-hydrogen) atoms. The van der Waals surface area contributed by atoms with E-state index in [-0.39, 0.29) is 0 Å². The second-order valence-electron chi connectivity index (χ2n) is 7.46. The molecule has 1 N–H and O–H groups in total. The Bertz CT molecular complexity index is 612. The number of alkyl halides is 3. The van der Waals surface area contributed by atoms with Crippen LogP contribution in [0.5, 0.6) is 5.75 Å². The number of hydrogen-bond acceptors (Lipinski definition) is 4. The van der Waals surface area contributed by atoms with Gasteiger partial charge in [0.1, 0.15) is 12.4 Å². The number of ether oxygens (including phenoxy) is 1. The molecule has 1 atom stereocenters. The Kier molecular flexibility index (Phi) is 8.12. The number of halogens is 3. The highest BCUT2D eigenvalue weighted by molar-refractivity contribution is 5.73. The predicted molar refractivity (Wildman–Crippen MR) is 100 cm³/mol. The number of nitrogens with zero attached hydrogens (tertiary/aromatic N) is 2. The van der Waals surface area contributed by atoms with E-state index in [0.29, 0.717) is 5.41 Å². The molecule has 0 aromatic heterocycles. The number of carbonyl (C=O) groups is 1. The summed E-state index contributed by atoms with van der Waals surface area (Å²) in [5, 5.41) is 7.12. The summed E-state index contributed by atoms with van der Waals surface area (Å²) in [5.74, 6) is -1.77. The van der Waals surface area contributed by atoms with Crippen molar-refractivity contribution in [2.45, 2.75) is 32.4 Å². The van der Waals surface area contributed by atoms with Gasteiger partial charge in [-0.2, -0.15) is 13.2 Å². The third-order valence-corrected chi connectivity index (χ3v) is 5.37. The second-order valence-corrected chi connectivity index (χ2v) is 7.46. The summed E-state index contributed by atoms with van der Waals surface area (Å²) in [6.45, 7) is 10.5. The molecule has 2 heterocycles. The molecule has 8 heteroatoms. The lowest BCUT2D eigenvalue weighted by Crippen LogP contribution is -2.46. The lowest BCUT2D eigenvalue weighted by atomic mass is 9.79. The summed E-state index contributed by atoms with van der Waals surface area (Å²) >= 11 is 0. The summed E-state index contributed by atoms with van der Waals surface area (Å²) < 4.78 is 37.6. The third-order valence-electron chi connectivity index (χ3n) is 5.37. The number of rotatable bonds is 5. The molecule has 5 nitrogen and oxygen atoms in total. The number of carboxylic acid groups (broad SMARTS) is 1. The van der Waals surface area contributed by atoms with Crippen molar-refractivity contribution in [3.05, 3.63) is 30.3 Å². The first kappa shape index (κ1) is 22.5. The fraction of sp³-hybridized carbons (Fsp3) is 0.650. The first-order chi connectivity index (χ1) is 13.2. The van der Waals surface area contributed by atoms with E-state index in [2.05, 4.69) is 16.7 Å². The van der Waals surface area contributed by atoms with Gasteiger partial charge in [-0.15, -0.1) is 0 Å². The van der Waals surface area contributed by atoms with Crippen LogP contribution >= 0.6 is 0 Å². The zero-order chi connectivity index (χ0) is 20.6. The number of hydrogen-bond donors (Lipinski definition) is 1. The van der Waals surface area contributed by atoms with Gasteiger partial charge >= 0.3 is 12.1 Å². The Labute approximate surface area is 164 Å². The fourth-order valence-electron chi connectivity index (χ4n) is 3.94. The van der Waals surface area contributed by atoms with Crippen LogP contribution in [0.25, 0.3) is 0 Å². The SMILES string of the molecule is CCN1CCC2(CCCN(CCOc3ccccc3)C2)C1.O=C(O)C(F)(F)F. The highest BCUT2D eigenvalue weighted by Gasteiger charge is 2.40. The average molecular weight is 402 g/mol. The van der Waals surface area contributed by atoms with Crippen LogP contribution in [0.2, 0.25) is 0 Å². The minimum atomic E-state index is -5.08. The summed E-state index contributed by atoms with van der Waals surface area (Å²) in [7, 11) is 0. The molecule has 2 saturated heterocycles. The van der Waals surface area contributed by atoms with Crippen molar-refractivity contribution >= 4 is 5.97 Å². The van der Waals surface area contributed by atoms with E-state index >= 15 is 0 Å². The zero-order valence-corrected chi connectivity index (χ0v) is 16.2. The Morgan fingerprint density at radius 1 is 1.14 bits per heavy atom. The largest absolute Gasteiger partial charge is 0.492 e. The topological polar surface area (TPSA) is 53.0 Å². The number of benzene rings is 1. The smallest absolute Gasteiger partial charge is 0.490 e. The van der Waals surface area contributed by atoms with Gasteiger partial charge in [0.2, 0.25) is 0 Å². The van der Waals surface area contributed by atoms with Crippen molar-refractivity contribution in [2.75, 3.05) is 45.9 Å². The third kappa shape index (κ3) is 6.98. The van der Waals surface area contributed by atoms with Crippen molar-refractivity contribution in [1.82, 2.24) is 9.80 Å². The van der Waals surface area contributed by atoms with Crippen LogP contribution in [-0.2, 0) is 4.79 Å². The maximum Gasteiger partial charge on any atom is 0.490 e. The quantitative estimate of drug-likeness (QED) is 0.817. The number of piperidine rings is 1. The minimum Gasteiger partial charge on any atom is -0.492 e. The van der Waals surface area contributed by atoms with Crippen molar-refractivity contribution in [3.8, 4) is 5.75 Å². The van der Waals surface area contributed by atoms with Gasteiger partial charge in [-0.25, -0.2) is 4.79 Å². The van der Waals surface area contributed by atoms with Gasteiger partial charge in [-0.05, 0) is 56.4 Å². The van der Waals surface area contributed by atoms with Crippen LogP contribution < -0.4 is 4.74 Å². The van der Waals surface area contributed by atoms with Crippen LogP contribution in [0.3, 0.4) is 0 Å². The Balaban J connectivity index is 0.000000345. The molecule has 0 amide bonds. The van der Waals surface area contributed by atoms with Gasteiger partial charge in [0.25, 0.3) is 0 Å². The first-order valence-corrected chi connectivity index (χ1v) is 9.67. The molecule has 1 aromatic carbocycles. The molecule has 0 bridgehead atoms. The summed E-state index contributed by atoms with van der Waals surface area (Å²) in [6, 6.07) is 10.2. The van der Waals surface area contributed by atoms with Gasteiger partial charge in [0, 0.05) is 19.6 Å². The predicted octanol–water partition coefficient (Wildman–Crippen LogP) is 3.51. The van der Waals surface area contributed by atoms with E-state index < -0.39 is 12.1 Å². The van der Waals surface area contributed by atoms with Gasteiger partial charge in [-0.3, -0.25) is 4.90 Å². The molecule has 2 fully saturated rings. The van der Waals surface area contributed by atoms with Crippen LogP contribution in [0.1, 0.15) is 26.2 Å². The van der Waals surface area contributed by atoms with Gasteiger partial charge in [0.05, 0.1) is 0 Å². The Morgan fingerprint density at radius 2 is 1.79 bits per heavy atom. The van der Waals surface area contributed by atoms with Crippen molar-refractivity contribution in [1.29, 1.82) is 0 Å². The molecule has 2 aliphatic heterocycles. The molecular formula is C20H29F3N2O3. The van der Waals surface area contributed by atoms with E-state index in [9.17, 15) is 13.2 Å². The average Bonchev–Trinajstić information content (AvgIpc) is 3.05. The van der Waals surface area contributed by atoms with Crippen molar-refractivity contribution < 1.29 is 27.8 Å². The zero-order valence-electron chi connectivity index (χ0n) is 16.2. The molecule has 2 aliphatic rings. The lowest BCUT2D eigenvalue weighted by Gasteiger charge is -2.40. The summed E-state index contributed by atoms with van der Waals surface area (Å²) in [6.07, 6.45) is -0.931. The Morgan fingerprint density at radius 3 is 2.36 bits per heavy atom. The molecule has 0 aliphatic carbocycles. The lowest BCUT2D eigenvalue weighted by molar-refractivity contribution is -0.192. The normalized spacial score (nSPS) is 23.3. The number of likely N-dealkylation sites (tertiary alicyclic amines) is 2. The molecule has 1 unspecified atom stereocenters. The number of para-hydroxylation sites is 1. The summed E-state index contributed by atoms with van der Waals surface area (Å²) in [4.78, 5) is 14.1. The molecule has 0 saturated carbocycles. The highest BCUT2D eigenvalue weighted by atomic mass is 19.4. The standard InChI is InChI=1S/C18H28N2O.C2HF3O2/c1-2-19-12-10-18(15-19)9-6-11-20(16-18)13-14-21-17-7-4-3-5-8-17;3-2(4,5)1(6)7/h3-5,7-8H,2,6,9-16H2,1H3;(H,6,7). The van der Waals surface area contributed by atoms with Crippen LogP contribution in [0, 0.1) is 5.41 Å². The van der Waals surface area contributed by atoms with Crippen LogP contribution in [-0.4, -0.2) is 72.9 Å². The van der Waals surface area contributed by atoms with Crippen molar-refractivity contribution in [2.24, 2.45) is 5.41 Å². The second kappa shape index (κ2) is 10.1. The molecule has 1 aromatic rings. The number of aliphatic carboxylic acids is 1. The van der Waals surface area contributed by atoms with Gasteiger partial charge in [-0.1, -0.05) is 25.1 Å². The Hall–Kier alpha value is -1.80. The molecule has 1 spiro atoms. The minimum absolute atomic E-state index is 0.570. The van der Waals surface area contributed by atoms with E-state index in [1.807, 2.05) is 30.3 Å². The van der Waals surface area contributed by atoms with E-state index in [1.54, 1.807) is 0 Å². The van der Waals surface area contributed by atoms with Crippen LogP contribution in [0.4, 0.5) is 13.2 Å². The van der Waals surface area contributed by atoms with Gasteiger partial charge < -0.3 is 14.7 Å². The van der Waals surface area contributed by atoms with Crippen molar-refractivity contribution in [3.63, 3.8) is 0 Å². The summed E-state index contributed by atoms with van der Waals surface area (Å²) in [5.41, 5.74) is 0.570. The van der Waals surface area contributed by atoms with Crippen LogP contribution in [0.15, 0.2) is 30.3 Å². The monoisotopic (exact) mass is 402 g/mol. The van der Waals surface area contributed by atoms with E-state index in [0.717, 1.165) is 18.9 Å². The number of carboxylic acids is 1. The first-order valence-electron chi connectivity index (χ1n) is 9.67.